The van der Waals surface area contributed by atoms with Gasteiger partial charge in [0.1, 0.15) is 5.57 Å². The molecule has 0 aliphatic carbocycles. The first kappa shape index (κ1) is 17.6. The van der Waals surface area contributed by atoms with Crippen molar-refractivity contribution in [2.75, 3.05) is 24.5 Å². The van der Waals surface area contributed by atoms with Crippen molar-refractivity contribution in [3.8, 4) is 0 Å². The Kier molecular flexibility index (Phi) is 5.48. The Labute approximate surface area is 153 Å². The van der Waals surface area contributed by atoms with E-state index in [1.54, 1.807) is 6.08 Å². The van der Waals surface area contributed by atoms with E-state index >= 15 is 0 Å². The predicted molar refractivity (Wildman–Crippen MR) is 103 cm³/mol. The molecule has 2 fully saturated rings. The van der Waals surface area contributed by atoms with Gasteiger partial charge >= 0.3 is 0 Å². The van der Waals surface area contributed by atoms with Crippen LogP contribution in [-0.4, -0.2) is 41.5 Å². The number of benzene rings is 1. The molecule has 2 heterocycles. The van der Waals surface area contributed by atoms with Crippen LogP contribution in [0, 0.1) is 0 Å². The first-order valence-electron chi connectivity index (χ1n) is 8.84. The summed E-state index contributed by atoms with van der Waals surface area (Å²) >= 11 is 5.04. The first-order chi connectivity index (χ1) is 12.1. The maximum absolute atomic E-state index is 12.4. The number of carbonyl (C=O) groups excluding carboxylic acids is 2. The molecule has 132 valence electrons. The molecule has 3 rings (SSSR count). The van der Waals surface area contributed by atoms with Crippen molar-refractivity contribution >= 4 is 40.9 Å². The molecule has 0 unspecified atom stereocenters. The highest BCUT2D eigenvalue weighted by molar-refractivity contribution is 7.80. The highest BCUT2D eigenvalue weighted by atomic mass is 32.1. The third-order valence-corrected chi connectivity index (χ3v) is 5.00. The van der Waals surface area contributed by atoms with E-state index in [4.69, 9.17) is 12.2 Å². The Bertz CT molecular complexity index is 704. The zero-order chi connectivity index (χ0) is 17.8. The summed E-state index contributed by atoms with van der Waals surface area (Å²) in [4.78, 5) is 28.3. The van der Waals surface area contributed by atoms with E-state index in [1.165, 1.54) is 36.3 Å². The van der Waals surface area contributed by atoms with Crippen LogP contribution < -0.4 is 10.2 Å². The minimum absolute atomic E-state index is 0.123. The lowest BCUT2D eigenvalue weighted by Gasteiger charge is -2.27. The molecule has 25 heavy (non-hydrogen) atoms. The van der Waals surface area contributed by atoms with Crippen molar-refractivity contribution in [3.05, 3.63) is 35.4 Å². The van der Waals surface area contributed by atoms with Gasteiger partial charge in [0.25, 0.3) is 11.8 Å². The summed E-state index contributed by atoms with van der Waals surface area (Å²) in [6.45, 7) is 4.44. The van der Waals surface area contributed by atoms with Crippen LogP contribution in [0.4, 0.5) is 5.69 Å². The molecule has 0 atom stereocenters. The SMILES string of the molecule is CCN1C(=O)/C(=C\c2ccc(N3CCCCCC3)cc2)C(=O)NC1=S. The van der Waals surface area contributed by atoms with Gasteiger partial charge in [-0.3, -0.25) is 19.8 Å². The smallest absolute Gasteiger partial charge is 0.265 e. The number of thiocarbonyl (C=S) groups is 1. The van der Waals surface area contributed by atoms with E-state index in [1.807, 2.05) is 19.1 Å². The number of rotatable bonds is 3. The fraction of sp³-hybridized carbons (Fsp3) is 0.421. The van der Waals surface area contributed by atoms with E-state index in [0.717, 1.165) is 18.7 Å². The number of likely N-dealkylation sites (N-methyl/N-ethyl adjacent to an activating group) is 1. The number of anilines is 1. The number of nitrogens with one attached hydrogen (secondary N) is 1. The van der Waals surface area contributed by atoms with Gasteiger partial charge in [-0.15, -0.1) is 0 Å². The summed E-state index contributed by atoms with van der Waals surface area (Å²) in [5.41, 5.74) is 2.15. The Morgan fingerprint density at radius 2 is 1.72 bits per heavy atom. The second-order valence-electron chi connectivity index (χ2n) is 6.36. The van der Waals surface area contributed by atoms with Gasteiger partial charge in [-0.1, -0.05) is 25.0 Å². The minimum atomic E-state index is -0.434. The van der Waals surface area contributed by atoms with Gasteiger partial charge < -0.3 is 4.90 Å². The van der Waals surface area contributed by atoms with Crippen molar-refractivity contribution in [1.82, 2.24) is 10.2 Å². The fourth-order valence-corrected chi connectivity index (χ4v) is 3.56. The summed E-state index contributed by atoms with van der Waals surface area (Å²) in [7, 11) is 0. The van der Waals surface area contributed by atoms with Crippen LogP contribution in [0.1, 0.15) is 38.2 Å². The molecule has 2 amide bonds. The quantitative estimate of drug-likeness (QED) is 0.513. The fourth-order valence-electron chi connectivity index (χ4n) is 3.26. The van der Waals surface area contributed by atoms with Crippen molar-refractivity contribution in [1.29, 1.82) is 0 Å². The summed E-state index contributed by atoms with van der Waals surface area (Å²) < 4.78 is 0. The first-order valence-corrected chi connectivity index (χ1v) is 9.25. The molecular weight excluding hydrogens is 334 g/mol. The van der Waals surface area contributed by atoms with Crippen LogP contribution in [0.15, 0.2) is 29.8 Å². The second-order valence-corrected chi connectivity index (χ2v) is 6.75. The van der Waals surface area contributed by atoms with Gasteiger partial charge in [0, 0.05) is 25.3 Å². The molecule has 0 spiro atoms. The standard InChI is InChI=1S/C19H23N3O2S/c1-2-22-18(24)16(17(23)20-19(22)25)13-14-7-9-15(10-8-14)21-11-5-3-4-6-12-21/h7-10,13H,2-6,11-12H2,1H3,(H,20,23,25)/b16-13-. The highest BCUT2D eigenvalue weighted by Crippen LogP contribution is 2.21. The van der Waals surface area contributed by atoms with E-state index in [9.17, 15) is 9.59 Å². The van der Waals surface area contributed by atoms with Gasteiger partial charge in [-0.2, -0.15) is 0 Å². The number of carbonyl (C=O) groups is 2. The lowest BCUT2D eigenvalue weighted by atomic mass is 10.1. The molecule has 0 bridgehead atoms. The van der Waals surface area contributed by atoms with Gasteiger partial charge in [-0.25, -0.2) is 0 Å². The van der Waals surface area contributed by atoms with Crippen LogP contribution in [0.5, 0.6) is 0 Å². The molecule has 2 saturated heterocycles. The third-order valence-electron chi connectivity index (χ3n) is 4.68. The van der Waals surface area contributed by atoms with Crippen LogP contribution in [-0.2, 0) is 9.59 Å². The van der Waals surface area contributed by atoms with Crippen LogP contribution in [0.3, 0.4) is 0 Å². The van der Waals surface area contributed by atoms with Crippen molar-refractivity contribution in [2.24, 2.45) is 0 Å². The predicted octanol–water partition coefficient (Wildman–Crippen LogP) is 2.71. The van der Waals surface area contributed by atoms with Crippen LogP contribution >= 0.6 is 12.2 Å². The topological polar surface area (TPSA) is 52.7 Å². The number of nitrogens with zero attached hydrogens (tertiary/aromatic N) is 2. The van der Waals surface area contributed by atoms with E-state index in [2.05, 4.69) is 22.3 Å². The van der Waals surface area contributed by atoms with E-state index in [-0.39, 0.29) is 16.6 Å². The molecule has 2 aliphatic rings. The number of hydrogen-bond acceptors (Lipinski definition) is 4. The van der Waals surface area contributed by atoms with E-state index in [0.29, 0.717) is 6.54 Å². The molecule has 1 aromatic rings. The summed E-state index contributed by atoms with van der Waals surface area (Å²) in [6, 6.07) is 8.03. The molecule has 0 aromatic heterocycles. The molecule has 6 heteroatoms. The Morgan fingerprint density at radius 3 is 2.32 bits per heavy atom. The minimum Gasteiger partial charge on any atom is -0.372 e. The molecule has 0 saturated carbocycles. The maximum atomic E-state index is 12.4. The normalized spacial score (nSPS) is 20.7. The van der Waals surface area contributed by atoms with Crippen LogP contribution in [0.2, 0.25) is 0 Å². The molecule has 5 nitrogen and oxygen atoms in total. The summed E-state index contributed by atoms with van der Waals surface area (Å²) in [5.74, 6) is -0.774. The molecule has 2 aliphatic heterocycles. The van der Waals surface area contributed by atoms with Gasteiger partial charge in [-0.05, 0) is 55.8 Å². The number of hydrogen-bond donors (Lipinski definition) is 1. The van der Waals surface area contributed by atoms with Crippen LogP contribution in [0.25, 0.3) is 6.08 Å². The van der Waals surface area contributed by atoms with Crippen molar-refractivity contribution < 1.29 is 9.59 Å². The zero-order valence-corrected chi connectivity index (χ0v) is 15.3. The molecule has 1 N–H and O–H groups in total. The maximum Gasteiger partial charge on any atom is 0.265 e. The Morgan fingerprint density at radius 1 is 1.08 bits per heavy atom. The van der Waals surface area contributed by atoms with Gasteiger partial charge in [0.05, 0.1) is 0 Å². The highest BCUT2D eigenvalue weighted by Gasteiger charge is 2.32. The third kappa shape index (κ3) is 3.90. The Hall–Kier alpha value is -2.21. The molecule has 1 aromatic carbocycles. The number of amides is 2. The second kappa shape index (κ2) is 7.78. The monoisotopic (exact) mass is 357 g/mol. The average molecular weight is 357 g/mol. The van der Waals surface area contributed by atoms with Gasteiger partial charge in [0.2, 0.25) is 0 Å². The Balaban J connectivity index is 1.79. The van der Waals surface area contributed by atoms with Crippen molar-refractivity contribution in [2.45, 2.75) is 32.6 Å². The van der Waals surface area contributed by atoms with Gasteiger partial charge in [0.15, 0.2) is 5.11 Å². The average Bonchev–Trinajstić information content (AvgIpc) is 2.89. The van der Waals surface area contributed by atoms with E-state index < -0.39 is 5.91 Å². The molecular formula is C19H23N3O2S. The zero-order valence-electron chi connectivity index (χ0n) is 14.5. The largest absolute Gasteiger partial charge is 0.372 e. The lowest BCUT2D eigenvalue weighted by molar-refractivity contribution is -0.128. The molecule has 0 radical (unpaired) electrons. The summed E-state index contributed by atoms with van der Waals surface area (Å²) in [5, 5.41) is 2.74. The summed E-state index contributed by atoms with van der Waals surface area (Å²) in [6.07, 6.45) is 6.69. The van der Waals surface area contributed by atoms with Crippen molar-refractivity contribution in [3.63, 3.8) is 0 Å². The lowest BCUT2D eigenvalue weighted by Crippen LogP contribution is -2.53.